The molecule has 166 valence electrons. The predicted octanol–water partition coefficient (Wildman–Crippen LogP) is 6.46. The standard InChI is InChI=1S/C26H25Cl2NO3/c27-22-13-6-12-21(24(22)28)25(29-15-7-10-19(16-29)26(30)31)20-11-4-5-14-23(20)32-17-18-8-2-1-3-9-18/h1-6,8-9,11-14,19,25H,7,10,15-17H2,(H,30,31). The summed E-state index contributed by atoms with van der Waals surface area (Å²) in [5.41, 5.74) is 2.86. The van der Waals surface area contributed by atoms with E-state index >= 15 is 0 Å². The van der Waals surface area contributed by atoms with Gasteiger partial charge in [0.1, 0.15) is 12.4 Å². The van der Waals surface area contributed by atoms with Gasteiger partial charge in [0.05, 0.1) is 22.0 Å². The molecular weight excluding hydrogens is 445 g/mol. The van der Waals surface area contributed by atoms with Crippen molar-refractivity contribution in [1.82, 2.24) is 4.90 Å². The van der Waals surface area contributed by atoms with Crippen molar-refractivity contribution in [3.8, 4) is 5.75 Å². The van der Waals surface area contributed by atoms with Gasteiger partial charge in [-0.2, -0.15) is 0 Å². The monoisotopic (exact) mass is 469 g/mol. The molecule has 4 rings (SSSR count). The Morgan fingerprint density at radius 2 is 1.72 bits per heavy atom. The van der Waals surface area contributed by atoms with E-state index in [1.807, 2.05) is 66.7 Å². The van der Waals surface area contributed by atoms with Crippen LogP contribution in [0, 0.1) is 5.92 Å². The van der Waals surface area contributed by atoms with Crippen LogP contribution in [0.3, 0.4) is 0 Å². The molecule has 0 spiro atoms. The number of aliphatic carboxylic acids is 1. The Labute approximate surface area is 198 Å². The van der Waals surface area contributed by atoms with E-state index in [4.69, 9.17) is 27.9 Å². The maximum absolute atomic E-state index is 11.7. The molecule has 1 N–H and O–H groups in total. The summed E-state index contributed by atoms with van der Waals surface area (Å²) in [5, 5.41) is 10.6. The third-order valence-corrected chi connectivity index (χ3v) is 6.73. The molecule has 6 heteroatoms. The number of likely N-dealkylation sites (tertiary alicyclic amines) is 1. The zero-order valence-electron chi connectivity index (χ0n) is 17.6. The number of nitrogens with zero attached hydrogens (tertiary/aromatic N) is 1. The molecule has 1 saturated heterocycles. The topological polar surface area (TPSA) is 49.8 Å². The number of hydrogen-bond donors (Lipinski definition) is 1. The summed E-state index contributed by atoms with van der Waals surface area (Å²) in [4.78, 5) is 13.9. The molecule has 0 amide bonds. The largest absolute Gasteiger partial charge is 0.489 e. The van der Waals surface area contributed by atoms with Crippen LogP contribution in [-0.2, 0) is 11.4 Å². The summed E-state index contributed by atoms with van der Waals surface area (Å²) in [5.74, 6) is -0.435. The maximum Gasteiger partial charge on any atom is 0.307 e. The van der Waals surface area contributed by atoms with Crippen LogP contribution < -0.4 is 4.74 Å². The first-order chi connectivity index (χ1) is 15.5. The van der Waals surface area contributed by atoms with Crippen LogP contribution in [0.2, 0.25) is 10.0 Å². The highest BCUT2D eigenvalue weighted by Gasteiger charge is 2.33. The fourth-order valence-electron chi connectivity index (χ4n) is 4.31. The van der Waals surface area contributed by atoms with Crippen molar-refractivity contribution in [3.05, 3.63) is 99.5 Å². The lowest BCUT2D eigenvalue weighted by Gasteiger charge is -2.38. The minimum Gasteiger partial charge on any atom is -0.489 e. The molecule has 3 aromatic rings. The number of halogens is 2. The highest BCUT2D eigenvalue weighted by atomic mass is 35.5. The van der Waals surface area contributed by atoms with Crippen molar-refractivity contribution >= 4 is 29.2 Å². The number of carbonyl (C=O) groups is 1. The molecule has 0 bridgehead atoms. The van der Waals surface area contributed by atoms with Crippen LogP contribution in [-0.4, -0.2) is 29.1 Å². The fraction of sp³-hybridized carbons (Fsp3) is 0.269. The van der Waals surface area contributed by atoms with E-state index < -0.39 is 11.9 Å². The van der Waals surface area contributed by atoms with E-state index in [-0.39, 0.29) is 6.04 Å². The van der Waals surface area contributed by atoms with E-state index in [1.54, 1.807) is 6.07 Å². The molecule has 1 aliphatic rings. The average molecular weight is 470 g/mol. The van der Waals surface area contributed by atoms with Crippen molar-refractivity contribution in [2.45, 2.75) is 25.5 Å². The van der Waals surface area contributed by atoms with Gasteiger partial charge in [-0.3, -0.25) is 9.69 Å². The Balaban J connectivity index is 1.73. The number of para-hydroxylation sites is 1. The van der Waals surface area contributed by atoms with Gasteiger partial charge >= 0.3 is 5.97 Å². The van der Waals surface area contributed by atoms with E-state index in [9.17, 15) is 9.90 Å². The zero-order chi connectivity index (χ0) is 22.5. The third-order valence-electron chi connectivity index (χ3n) is 5.89. The lowest BCUT2D eigenvalue weighted by molar-refractivity contribution is -0.143. The molecular formula is C26H25Cl2NO3. The number of carboxylic acids is 1. The Kier molecular flexibility index (Phi) is 7.36. The molecule has 1 heterocycles. The molecule has 0 aromatic heterocycles. The minimum absolute atomic E-state index is 0.268. The number of ether oxygens (including phenoxy) is 1. The summed E-state index contributed by atoms with van der Waals surface area (Å²) in [6.07, 6.45) is 1.48. The summed E-state index contributed by atoms with van der Waals surface area (Å²) in [6, 6.07) is 23.2. The van der Waals surface area contributed by atoms with Gasteiger partial charge in [-0.1, -0.05) is 83.9 Å². The third kappa shape index (κ3) is 5.09. The summed E-state index contributed by atoms with van der Waals surface area (Å²) in [7, 11) is 0. The zero-order valence-corrected chi connectivity index (χ0v) is 19.1. The van der Waals surface area contributed by atoms with Crippen LogP contribution in [0.15, 0.2) is 72.8 Å². The van der Waals surface area contributed by atoms with Crippen molar-refractivity contribution in [3.63, 3.8) is 0 Å². The summed E-state index contributed by atoms with van der Waals surface area (Å²) in [6.45, 7) is 1.64. The van der Waals surface area contributed by atoms with Crippen LogP contribution in [0.25, 0.3) is 0 Å². The summed E-state index contributed by atoms with van der Waals surface area (Å²) >= 11 is 13.0. The normalized spacial score (nSPS) is 17.6. The number of rotatable bonds is 7. The highest BCUT2D eigenvalue weighted by Crippen LogP contribution is 2.41. The lowest BCUT2D eigenvalue weighted by atomic mass is 9.91. The van der Waals surface area contributed by atoms with Crippen LogP contribution in [0.5, 0.6) is 5.75 Å². The van der Waals surface area contributed by atoms with E-state index in [1.165, 1.54) is 0 Å². The first kappa shape index (κ1) is 22.7. The van der Waals surface area contributed by atoms with E-state index in [0.29, 0.717) is 29.6 Å². The molecule has 2 unspecified atom stereocenters. The molecule has 1 fully saturated rings. The number of benzene rings is 3. The Morgan fingerprint density at radius 1 is 1.00 bits per heavy atom. The molecule has 2 atom stereocenters. The van der Waals surface area contributed by atoms with E-state index in [2.05, 4.69) is 4.90 Å². The second-order valence-electron chi connectivity index (χ2n) is 8.03. The first-order valence-electron chi connectivity index (χ1n) is 10.7. The molecule has 3 aromatic carbocycles. The van der Waals surface area contributed by atoms with Gasteiger partial charge in [0, 0.05) is 12.1 Å². The maximum atomic E-state index is 11.7. The molecule has 1 aliphatic heterocycles. The van der Waals surface area contributed by atoms with Crippen LogP contribution in [0.4, 0.5) is 0 Å². The van der Waals surface area contributed by atoms with Gasteiger partial charge < -0.3 is 9.84 Å². The van der Waals surface area contributed by atoms with E-state index in [0.717, 1.165) is 35.4 Å². The number of piperidine rings is 1. The van der Waals surface area contributed by atoms with Crippen molar-refractivity contribution in [2.75, 3.05) is 13.1 Å². The van der Waals surface area contributed by atoms with Crippen molar-refractivity contribution in [2.24, 2.45) is 5.92 Å². The van der Waals surface area contributed by atoms with Crippen molar-refractivity contribution < 1.29 is 14.6 Å². The molecule has 4 nitrogen and oxygen atoms in total. The minimum atomic E-state index is -0.765. The van der Waals surface area contributed by atoms with Gasteiger partial charge in [0.15, 0.2) is 0 Å². The lowest BCUT2D eigenvalue weighted by Crippen LogP contribution is -2.41. The predicted molar refractivity (Wildman–Crippen MR) is 127 cm³/mol. The second kappa shape index (κ2) is 10.4. The van der Waals surface area contributed by atoms with Gasteiger partial charge in [-0.15, -0.1) is 0 Å². The molecule has 0 saturated carbocycles. The highest BCUT2D eigenvalue weighted by molar-refractivity contribution is 6.42. The van der Waals surface area contributed by atoms with Gasteiger partial charge in [-0.25, -0.2) is 0 Å². The SMILES string of the molecule is O=C(O)C1CCCN(C(c2ccccc2OCc2ccccc2)c2cccc(Cl)c2Cl)C1. The smallest absolute Gasteiger partial charge is 0.307 e. The Morgan fingerprint density at radius 3 is 2.50 bits per heavy atom. The molecule has 0 aliphatic carbocycles. The average Bonchev–Trinajstić information content (AvgIpc) is 2.82. The van der Waals surface area contributed by atoms with Crippen LogP contribution >= 0.6 is 23.2 Å². The molecule has 32 heavy (non-hydrogen) atoms. The Hall–Kier alpha value is -2.53. The quantitative estimate of drug-likeness (QED) is 0.431. The van der Waals surface area contributed by atoms with Crippen molar-refractivity contribution in [1.29, 1.82) is 0 Å². The molecule has 0 radical (unpaired) electrons. The second-order valence-corrected chi connectivity index (χ2v) is 8.82. The number of carboxylic acid groups (broad SMARTS) is 1. The Bertz CT molecular complexity index is 1070. The fourth-order valence-corrected chi connectivity index (χ4v) is 4.72. The van der Waals surface area contributed by atoms with Crippen LogP contribution in [0.1, 0.15) is 35.6 Å². The van der Waals surface area contributed by atoms with Gasteiger partial charge in [0.2, 0.25) is 0 Å². The van der Waals surface area contributed by atoms with Gasteiger partial charge in [-0.05, 0) is 42.6 Å². The first-order valence-corrected chi connectivity index (χ1v) is 11.5. The van der Waals surface area contributed by atoms with Gasteiger partial charge in [0.25, 0.3) is 0 Å². The summed E-state index contributed by atoms with van der Waals surface area (Å²) < 4.78 is 6.24. The number of hydrogen-bond acceptors (Lipinski definition) is 3.